The zero-order chi connectivity index (χ0) is 21.3. The summed E-state index contributed by atoms with van der Waals surface area (Å²) < 4.78 is 15.7. The maximum absolute atomic E-state index is 13.8. The molecule has 0 saturated carbocycles. The summed E-state index contributed by atoms with van der Waals surface area (Å²) in [5.74, 6) is 0.394. The standard InChI is InChI=1S/C22H21FN6O/c1-13(2)29-12-24-28-21(29)18-5-4-6-20(26-18)27-22(30)19-10-9-17(25-19)15-8-7-14(3)16(23)11-15/h4-13,25H,1-3H3,(H,26,27,30). The van der Waals surface area contributed by atoms with Crippen molar-refractivity contribution in [2.45, 2.75) is 26.8 Å². The molecule has 3 heterocycles. The van der Waals surface area contributed by atoms with Crippen molar-refractivity contribution >= 4 is 11.7 Å². The van der Waals surface area contributed by atoms with E-state index in [2.05, 4.69) is 25.5 Å². The molecule has 30 heavy (non-hydrogen) atoms. The molecule has 0 spiro atoms. The highest BCUT2D eigenvalue weighted by Crippen LogP contribution is 2.22. The lowest BCUT2D eigenvalue weighted by Crippen LogP contribution is -2.13. The van der Waals surface area contributed by atoms with Crippen LogP contribution in [0.25, 0.3) is 22.8 Å². The maximum atomic E-state index is 13.8. The predicted molar refractivity (Wildman–Crippen MR) is 113 cm³/mol. The van der Waals surface area contributed by atoms with Crippen molar-refractivity contribution in [3.8, 4) is 22.8 Å². The van der Waals surface area contributed by atoms with Crippen LogP contribution in [0.15, 0.2) is 54.9 Å². The van der Waals surface area contributed by atoms with E-state index in [-0.39, 0.29) is 17.8 Å². The van der Waals surface area contributed by atoms with Gasteiger partial charge in [0, 0.05) is 17.3 Å². The molecule has 4 aromatic rings. The number of hydrogen-bond donors (Lipinski definition) is 2. The van der Waals surface area contributed by atoms with Gasteiger partial charge in [-0.1, -0.05) is 18.2 Å². The number of nitrogens with zero attached hydrogens (tertiary/aromatic N) is 4. The Hall–Kier alpha value is -3.81. The quantitative estimate of drug-likeness (QED) is 0.508. The summed E-state index contributed by atoms with van der Waals surface area (Å²) in [6, 6.07) is 13.9. The van der Waals surface area contributed by atoms with Crippen LogP contribution in [-0.4, -0.2) is 30.6 Å². The van der Waals surface area contributed by atoms with E-state index in [0.29, 0.717) is 39.9 Å². The fourth-order valence-corrected chi connectivity index (χ4v) is 3.07. The molecule has 0 radical (unpaired) electrons. The Morgan fingerprint density at radius 3 is 2.77 bits per heavy atom. The van der Waals surface area contributed by atoms with E-state index in [1.165, 1.54) is 6.07 Å². The number of benzene rings is 1. The summed E-state index contributed by atoms with van der Waals surface area (Å²) in [5.41, 5.74) is 2.86. The number of aromatic nitrogens is 5. The van der Waals surface area contributed by atoms with Crippen LogP contribution < -0.4 is 5.32 Å². The van der Waals surface area contributed by atoms with E-state index >= 15 is 0 Å². The van der Waals surface area contributed by atoms with Crippen LogP contribution in [0.3, 0.4) is 0 Å². The molecule has 2 N–H and O–H groups in total. The number of anilines is 1. The Balaban J connectivity index is 1.54. The summed E-state index contributed by atoms with van der Waals surface area (Å²) in [6.07, 6.45) is 1.65. The van der Waals surface area contributed by atoms with E-state index in [9.17, 15) is 9.18 Å². The number of H-pyrrole nitrogens is 1. The Kier molecular flexibility index (Phi) is 5.14. The molecular weight excluding hydrogens is 383 g/mol. The summed E-state index contributed by atoms with van der Waals surface area (Å²) in [5, 5.41) is 10.9. The highest BCUT2D eigenvalue weighted by atomic mass is 19.1. The van der Waals surface area contributed by atoms with Gasteiger partial charge in [-0.25, -0.2) is 9.37 Å². The molecule has 0 aliphatic rings. The van der Waals surface area contributed by atoms with Crippen LogP contribution in [0.5, 0.6) is 0 Å². The molecule has 0 aliphatic carbocycles. The first-order valence-corrected chi connectivity index (χ1v) is 9.56. The number of carbonyl (C=O) groups is 1. The first kappa shape index (κ1) is 19.5. The Bertz CT molecular complexity index is 1210. The molecule has 0 unspecified atom stereocenters. The second-order valence-electron chi connectivity index (χ2n) is 7.27. The minimum absolute atomic E-state index is 0.180. The predicted octanol–water partition coefficient (Wildman–Crippen LogP) is 4.62. The Labute approximate surface area is 173 Å². The van der Waals surface area contributed by atoms with E-state index in [0.717, 1.165) is 0 Å². The van der Waals surface area contributed by atoms with Crippen molar-refractivity contribution in [2.75, 3.05) is 5.32 Å². The SMILES string of the molecule is Cc1ccc(-c2ccc(C(=O)Nc3cccc(-c4nncn4C(C)C)n3)[nH]2)cc1F. The third kappa shape index (κ3) is 3.84. The van der Waals surface area contributed by atoms with Gasteiger partial charge in [-0.15, -0.1) is 10.2 Å². The van der Waals surface area contributed by atoms with Gasteiger partial charge in [-0.3, -0.25) is 4.79 Å². The van der Waals surface area contributed by atoms with Gasteiger partial charge in [-0.05, 0) is 56.7 Å². The number of hydrogen-bond acceptors (Lipinski definition) is 4. The number of rotatable bonds is 5. The van der Waals surface area contributed by atoms with Gasteiger partial charge in [0.15, 0.2) is 5.82 Å². The van der Waals surface area contributed by atoms with Crippen molar-refractivity contribution in [2.24, 2.45) is 0 Å². The molecular formula is C22H21FN6O. The zero-order valence-electron chi connectivity index (χ0n) is 16.8. The third-order valence-corrected chi connectivity index (χ3v) is 4.76. The molecule has 1 aromatic carbocycles. The minimum Gasteiger partial charge on any atom is -0.351 e. The van der Waals surface area contributed by atoms with Crippen molar-refractivity contribution in [3.63, 3.8) is 0 Å². The lowest BCUT2D eigenvalue weighted by atomic mass is 10.1. The number of carbonyl (C=O) groups excluding carboxylic acids is 1. The van der Waals surface area contributed by atoms with Crippen molar-refractivity contribution < 1.29 is 9.18 Å². The lowest BCUT2D eigenvalue weighted by Gasteiger charge is -2.10. The number of aromatic amines is 1. The minimum atomic E-state index is -0.344. The highest BCUT2D eigenvalue weighted by molar-refractivity contribution is 6.03. The lowest BCUT2D eigenvalue weighted by molar-refractivity contribution is 0.102. The van der Waals surface area contributed by atoms with Crippen molar-refractivity contribution in [1.29, 1.82) is 0 Å². The molecule has 0 fully saturated rings. The summed E-state index contributed by atoms with van der Waals surface area (Å²) in [6.45, 7) is 5.76. The number of nitrogens with one attached hydrogen (secondary N) is 2. The maximum Gasteiger partial charge on any atom is 0.273 e. The normalized spacial score (nSPS) is 11.1. The highest BCUT2D eigenvalue weighted by Gasteiger charge is 2.14. The van der Waals surface area contributed by atoms with Gasteiger partial charge in [0.25, 0.3) is 5.91 Å². The average Bonchev–Trinajstić information content (AvgIpc) is 3.40. The van der Waals surface area contributed by atoms with E-state index < -0.39 is 0 Å². The van der Waals surface area contributed by atoms with Gasteiger partial charge in [0.1, 0.15) is 29.4 Å². The van der Waals surface area contributed by atoms with Gasteiger partial charge < -0.3 is 14.9 Å². The number of halogens is 1. The van der Waals surface area contributed by atoms with Crippen molar-refractivity contribution in [1.82, 2.24) is 24.7 Å². The molecule has 0 saturated heterocycles. The van der Waals surface area contributed by atoms with Crippen LogP contribution in [0.2, 0.25) is 0 Å². The molecule has 0 aliphatic heterocycles. The molecule has 4 rings (SSSR count). The number of pyridine rings is 1. The molecule has 3 aromatic heterocycles. The molecule has 0 bridgehead atoms. The molecule has 8 heteroatoms. The van der Waals surface area contributed by atoms with E-state index in [4.69, 9.17) is 0 Å². The first-order chi connectivity index (χ1) is 14.4. The fraction of sp³-hybridized carbons (Fsp3) is 0.182. The topological polar surface area (TPSA) is 88.5 Å². The second kappa shape index (κ2) is 7.90. The van der Waals surface area contributed by atoms with E-state index in [1.807, 2.05) is 30.5 Å². The zero-order valence-corrected chi connectivity index (χ0v) is 16.8. The summed E-state index contributed by atoms with van der Waals surface area (Å²) in [4.78, 5) is 20.2. The third-order valence-electron chi connectivity index (χ3n) is 4.76. The van der Waals surface area contributed by atoms with Crippen LogP contribution in [0, 0.1) is 12.7 Å². The molecule has 152 valence electrons. The monoisotopic (exact) mass is 404 g/mol. The van der Waals surface area contributed by atoms with Gasteiger partial charge in [0.05, 0.1) is 0 Å². The molecule has 0 atom stereocenters. The van der Waals surface area contributed by atoms with Crippen LogP contribution in [0.4, 0.5) is 10.2 Å². The van der Waals surface area contributed by atoms with Crippen LogP contribution in [-0.2, 0) is 0 Å². The first-order valence-electron chi connectivity index (χ1n) is 9.56. The number of amides is 1. The summed E-state index contributed by atoms with van der Waals surface area (Å²) >= 11 is 0. The molecule has 7 nitrogen and oxygen atoms in total. The second-order valence-corrected chi connectivity index (χ2v) is 7.27. The van der Waals surface area contributed by atoms with Crippen LogP contribution >= 0.6 is 0 Å². The Morgan fingerprint density at radius 1 is 1.17 bits per heavy atom. The Morgan fingerprint density at radius 2 is 2.00 bits per heavy atom. The number of aryl methyl sites for hydroxylation is 1. The fourth-order valence-electron chi connectivity index (χ4n) is 3.07. The van der Waals surface area contributed by atoms with Crippen molar-refractivity contribution in [3.05, 3.63) is 71.9 Å². The largest absolute Gasteiger partial charge is 0.351 e. The van der Waals surface area contributed by atoms with E-state index in [1.54, 1.807) is 43.6 Å². The van der Waals surface area contributed by atoms with Gasteiger partial charge in [0.2, 0.25) is 0 Å². The molecule has 1 amide bonds. The van der Waals surface area contributed by atoms with Gasteiger partial charge >= 0.3 is 0 Å². The summed E-state index contributed by atoms with van der Waals surface area (Å²) in [7, 11) is 0. The van der Waals surface area contributed by atoms with Crippen LogP contribution in [0.1, 0.15) is 35.9 Å². The van der Waals surface area contributed by atoms with Gasteiger partial charge in [-0.2, -0.15) is 0 Å². The smallest absolute Gasteiger partial charge is 0.273 e. The average molecular weight is 404 g/mol.